The number of fused-ring (bicyclic) bond motifs is 1. The predicted octanol–water partition coefficient (Wildman–Crippen LogP) is 5.16. The van der Waals surface area contributed by atoms with Crippen molar-refractivity contribution in [1.82, 2.24) is 19.9 Å². The number of piperazine rings is 1. The van der Waals surface area contributed by atoms with Crippen molar-refractivity contribution in [2.75, 3.05) is 24.5 Å². The second-order valence-electron chi connectivity index (χ2n) is 11.4. The van der Waals surface area contributed by atoms with Gasteiger partial charge in [-0.25, -0.2) is 24.1 Å². The molecule has 10 heteroatoms. The molecule has 4 heterocycles. The van der Waals surface area contributed by atoms with Crippen LogP contribution in [0.1, 0.15) is 61.1 Å². The highest BCUT2D eigenvalue weighted by molar-refractivity contribution is 5.97. The molecule has 1 aliphatic heterocycles. The minimum absolute atomic E-state index is 0.0162. The van der Waals surface area contributed by atoms with Gasteiger partial charge >= 0.3 is 5.97 Å². The van der Waals surface area contributed by atoms with E-state index in [9.17, 15) is 14.0 Å². The number of hydrogen-bond donors (Lipinski definition) is 1. The number of carbonyl (C=O) groups is 2. The first kappa shape index (κ1) is 26.3. The van der Waals surface area contributed by atoms with Gasteiger partial charge in [0.05, 0.1) is 16.8 Å². The Kier molecular flexibility index (Phi) is 6.36. The van der Waals surface area contributed by atoms with Gasteiger partial charge in [-0.1, -0.05) is 20.8 Å². The van der Waals surface area contributed by atoms with Crippen LogP contribution in [0.2, 0.25) is 0 Å². The van der Waals surface area contributed by atoms with Crippen LogP contribution in [-0.4, -0.2) is 62.0 Å². The summed E-state index contributed by atoms with van der Waals surface area (Å²) in [5.41, 5.74) is 2.59. The fourth-order valence-electron chi connectivity index (χ4n) is 4.88. The van der Waals surface area contributed by atoms with E-state index in [1.165, 1.54) is 24.5 Å². The van der Waals surface area contributed by atoms with Crippen molar-refractivity contribution in [3.63, 3.8) is 0 Å². The van der Waals surface area contributed by atoms with Crippen LogP contribution in [0.3, 0.4) is 0 Å². The van der Waals surface area contributed by atoms with Crippen molar-refractivity contribution in [1.29, 1.82) is 0 Å². The summed E-state index contributed by atoms with van der Waals surface area (Å²) in [4.78, 5) is 41.7. The minimum Gasteiger partial charge on any atom is -0.478 e. The Morgan fingerprint density at radius 1 is 1.05 bits per heavy atom. The summed E-state index contributed by atoms with van der Waals surface area (Å²) >= 11 is 0. The molecule has 0 saturated carbocycles. The lowest BCUT2D eigenvalue weighted by Gasteiger charge is -2.46. The van der Waals surface area contributed by atoms with Gasteiger partial charge in [0, 0.05) is 49.2 Å². The lowest BCUT2D eigenvalue weighted by Crippen LogP contribution is -2.61. The number of rotatable bonds is 4. The maximum absolute atomic E-state index is 13.7. The molecule has 3 aromatic heterocycles. The molecule has 39 heavy (non-hydrogen) atoms. The van der Waals surface area contributed by atoms with E-state index in [0.29, 0.717) is 42.4 Å². The molecule has 1 N–H and O–H groups in total. The van der Waals surface area contributed by atoms with E-state index >= 15 is 0 Å². The third-order valence-electron chi connectivity index (χ3n) is 6.95. The number of carboxylic acids is 1. The summed E-state index contributed by atoms with van der Waals surface area (Å²) in [6.07, 6.45) is 2.56. The molecule has 0 aliphatic carbocycles. The van der Waals surface area contributed by atoms with Gasteiger partial charge in [0.1, 0.15) is 11.3 Å². The third-order valence-corrected chi connectivity index (χ3v) is 6.95. The zero-order chi connectivity index (χ0) is 28.1. The zero-order valence-electron chi connectivity index (χ0n) is 22.5. The normalized spacial score (nSPS) is 15.5. The monoisotopic (exact) mass is 531 g/mol. The Balaban J connectivity index is 1.45. The number of hydrogen-bond acceptors (Lipinski definition) is 7. The summed E-state index contributed by atoms with van der Waals surface area (Å²) in [6, 6.07) is 9.78. The van der Waals surface area contributed by atoms with Crippen molar-refractivity contribution in [2.45, 2.75) is 45.6 Å². The lowest BCUT2D eigenvalue weighted by atomic mass is 9.86. The van der Waals surface area contributed by atoms with E-state index in [0.717, 1.165) is 11.1 Å². The van der Waals surface area contributed by atoms with E-state index in [2.05, 4.69) is 30.7 Å². The summed E-state index contributed by atoms with van der Waals surface area (Å²) in [5, 5.41) is 9.11. The molecular formula is C29H30FN5O4. The number of halogens is 1. The standard InChI is InChI=1S/C29H30FN5O4/c1-28(2,3)20-12-21(17-6-8-19(30)9-7-17)33-22-13-23(39-24(20)22)25(36)35-11-10-34(16-29(35,4)5)27-31-14-18(15-32-27)26(37)38/h6-9,12-15H,10-11,16H2,1-5H3,(H,37,38). The molecule has 1 amide bonds. The minimum atomic E-state index is -1.09. The van der Waals surface area contributed by atoms with E-state index in [4.69, 9.17) is 14.5 Å². The van der Waals surface area contributed by atoms with E-state index < -0.39 is 11.5 Å². The van der Waals surface area contributed by atoms with Crippen LogP contribution in [0.5, 0.6) is 0 Å². The number of carboxylic acid groups (broad SMARTS) is 1. The molecule has 0 spiro atoms. The maximum Gasteiger partial charge on any atom is 0.338 e. The molecule has 4 aromatic rings. The number of anilines is 1. The van der Waals surface area contributed by atoms with E-state index in [1.807, 2.05) is 24.8 Å². The van der Waals surface area contributed by atoms with Crippen LogP contribution in [0.15, 0.2) is 53.2 Å². The van der Waals surface area contributed by atoms with Gasteiger partial charge < -0.3 is 19.3 Å². The van der Waals surface area contributed by atoms with Crippen molar-refractivity contribution in [2.24, 2.45) is 0 Å². The van der Waals surface area contributed by atoms with Gasteiger partial charge in [0.25, 0.3) is 5.91 Å². The molecule has 1 aliphatic rings. The first-order valence-corrected chi connectivity index (χ1v) is 12.7. The van der Waals surface area contributed by atoms with E-state index in [1.54, 1.807) is 23.1 Å². The molecule has 5 rings (SSSR count). The van der Waals surface area contributed by atoms with Crippen LogP contribution in [0.25, 0.3) is 22.4 Å². The number of nitrogens with zero attached hydrogens (tertiary/aromatic N) is 5. The molecule has 0 bridgehead atoms. The van der Waals surface area contributed by atoms with Crippen molar-refractivity contribution >= 4 is 28.9 Å². The van der Waals surface area contributed by atoms with Crippen LogP contribution in [0.4, 0.5) is 10.3 Å². The summed E-state index contributed by atoms with van der Waals surface area (Å²) in [6.45, 7) is 11.4. The Bertz CT molecular complexity index is 1560. The van der Waals surface area contributed by atoms with Gasteiger partial charge in [0.2, 0.25) is 5.95 Å². The van der Waals surface area contributed by atoms with Gasteiger partial charge in [-0.3, -0.25) is 4.79 Å². The molecule has 1 saturated heterocycles. The molecule has 9 nitrogen and oxygen atoms in total. The largest absolute Gasteiger partial charge is 0.478 e. The maximum atomic E-state index is 13.7. The van der Waals surface area contributed by atoms with Crippen molar-refractivity contribution in [3.05, 3.63) is 71.5 Å². The highest BCUT2D eigenvalue weighted by Crippen LogP contribution is 2.35. The second kappa shape index (κ2) is 9.44. The zero-order valence-corrected chi connectivity index (χ0v) is 22.5. The Morgan fingerprint density at radius 3 is 2.31 bits per heavy atom. The van der Waals surface area contributed by atoms with Gasteiger partial charge in [-0.2, -0.15) is 0 Å². The summed E-state index contributed by atoms with van der Waals surface area (Å²) in [7, 11) is 0. The van der Waals surface area contributed by atoms with Crippen LogP contribution < -0.4 is 4.90 Å². The number of pyridine rings is 1. The first-order chi connectivity index (χ1) is 18.3. The lowest BCUT2D eigenvalue weighted by molar-refractivity contribution is 0.0482. The van der Waals surface area contributed by atoms with Gasteiger partial charge in [-0.05, 0) is 49.6 Å². The third kappa shape index (κ3) is 5.06. The summed E-state index contributed by atoms with van der Waals surface area (Å²) < 4.78 is 19.7. The average molecular weight is 532 g/mol. The highest BCUT2D eigenvalue weighted by Gasteiger charge is 2.39. The fraction of sp³-hybridized carbons (Fsp3) is 0.345. The average Bonchev–Trinajstić information content (AvgIpc) is 3.31. The molecule has 0 unspecified atom stereocenters. The SMILES string of the molecule is CC(C)(C)c1cc(-c2ccc(F)cc2)nc2cc(C(=O)N3CCN(c4ncc(C(=O)O)cn4)CC3(C)C)oc12. The van der Waals surface area contributed by atoms with Crippen LogP contribution in [0, 0.1) is 5.82 Å². The molecule has 0 radical (unpaired) electrons. The number of carbonyl (C=O) groups excluding carboxylic acids is 1. The second-order valence-corrected chi connectivity index (χ2v) is 11.4. The smallest absolute Gasteiger partial charge is 0.338 e. The topological polar surface area (TPSA) is 113 Å². The van der Waals surface area contributed by atoms with E-state index in [-0.39, 0.29) is 28.5 Å². The highest BCUT2D eigenvalue weighted by atomic mass is 19.1. The molecule has 202 valence electrons. The van der Waals surface area contributed by atoms with Gasteiger partial charge in [-0.15, -0.1) is 0 Å². The Labute approximate surface area is 225 Å². The molecule has 1 fully saturated rings. The molecule has 1 aromatic carbocycles. The number of aromatic carboxylic acids is 1. The van der Waals surface area contributed by atoms with Crippen molar-refractivity contribution in [3.8, 4) is 11.3 Å². The Hall–Kier alpha value is -4.34. The quantitative estimate of drug-likeness (QED) is 0.384. The number of aromatic nitrogens is 3. The summed E-state index contributed by atoms with van der Waals surface area (Å²) in [5.74, 6) is -1.04. The molecule has 0 atom stereocenters. The first-order valence-electron chi connectivity index (χ1n) is 12.7. The number of furan rings is 1. The fourth-order valence-corrected chi connectivity index (χ4v) is 4.88. The number of benzene rings is 1. The number of amides is 1. The van der Waals surface area contributed by atoms with Crippen LogP contribution in [-0.2, 0) is 5.41 Å². The Morgan fingerprint density at radius 2 is 1.72 bits per heavy atom. The predicted molar refractivity (Wildman–Crippen MR) is 144 cm³/mol. The van der Waals surface area contributed by atoms with Gasteiger partial charge in [0.15, 0.2) is 11.3 Å². The van der Waals surface area contributed by atoms with Crippen molar-refractivity contribution < 1.29 is 23.5 Å². The molecular weight excluding hydrogens is 501 g/mol. The van der Waals surface area contributed by atoms with Crippen LogP contribution >= 0.6 is 0 Å².